The molecule has 5 heteroatoms. The largest absolute Gasteiger partial charge is 0.738 e. The number of benzene rings is 1. The zero-order chi connectivity index (χ0) is 14.9. The summed E-state index contributed by atoms with van der Waals surface area (Å²) < 4.78 is 0. The van der Waals surface area contributed by atoms with Crippen LogP contribution in [0.15, 0.2) is 6.07 Å². The summed E-state index contributed by atoms with van der Waals surface area (Å²) >= 11 is 0. The summed E-state index contributed by atoms with van der Waals surface area (Å²) in [6, 6.07) is 2.17. The standard InChI is InChI=1S/C15H22NO4/c1-10-6-11-7-15(2,3)8-13(11)14(9-20-16(18)19)12(10)4-5-17/h6,17-18H,4-5,7-9H2,1-3H3/q-1. The first kappa shape index (κ1) is 15.4. The van der Waals surface area contributed by atoms with Gasteiger partial charge in [0.25, 0.3) is 0 Å². The average Bonchev–Trinajstić information content (AvgIpc) is 2.62. The minimum Gasteiger partial charge on any atom is -0.738 e. The van der Waals surface area contributed by atoms with E-state index in [1.54, 1.807) is 0 Å². The van der Waals surface area contributed by atoms with Gasteiger partial charge in [-0.15, -0.1) is 5.39 Å². The molecule has 0 spiro atoms. The van der Waals surface area contributed by atoms with Crippen LogP contribution in [0.25, 0.3) is 0 Å². The van der Waals surface area contributed by atoms with Gasteiger partial charge >= 0.3 is 0 Å². The number of hydrogen-bond donors (Lipinski definition) is 2. The van der Waals surface area contributed by atoms with Gasteiger partial charge in [-0.3, -0.25) is 4.84 Å². The van der Waals surface area contributed by atoms with Gasteiger partial charge in [0.2, 0.25) is 0 Å². The van der Waals surface area contributed by atoms with Crippen LogP contribution in [0, 0.1) is 17.5 Å². The Balaban J connectivity index is 2.44. The van der Waals surface area contributed by atoms with Gasteiger partial charge in [0.05, 0.1) is 6.61 Å². The Bertz CT molecular complexity index is 497. The molecule has 0 atom stereocenters. The molecule has 0 saturated carbocycles. The molecule has 1 aromatic carbocycles. The Morgan fingerprint density at radius 3 is 2.65 bits per heavy atom. The van der Waals surface area contributed by atoms with Crippen molar-refractivity contribution in [3.05, 3.63) is 39.1 Å². The Morgan fingerprint density at radius 2 is 2.05 bits per heavy atom. The fourth-order valence-corrected chi connectivity index (χ4v) is 3.24. The highest BCUT2D eigenvalue weighted by atomic mass is 17.1. The van der Waals surface area contributed by atoms with Crippen LogP contribution in [0.4, 0.5) is 0 Å². The van der Waals surface area contributed by atoms with E-state index in [0.717, 1.165) is 29.5 Å². The third-order valence-corrected chi connectivity index (χ3v) is 3.99. The minimum atomic E-state index is -0.502. The van der Waals surface area contributed by atoms with Crippen molar-refractivity contribution in [2.24, 2.45) is 5.41 Å². The fraction of sp³-hybridized carbons (Fsp3) is 0.600. The lowest BCUT2D eigenvalue weighted by Gasteiger charge is -2.22. The van der Waals surface area contributed by atoms with Gasteiger partial charge < -0.3 is 15.5 Å². The zero-order valence-corrected chi connectivity index (χ0v) is 12.3. The molecule has 112 valence electrons. The first-order valence-electron chi connectivity index (χ1n) is 6.87. The van der Waals surface area contributed by atoms with E-state index in [4.69, 9.17) is 10.0 Å². The molecular weight excluding hydrogens is 258 g/mol. The quantitative estimate of drug-likeness (QED) is 0.809. The number of nitrogens with zero attached hydrogens (tertiary/aromatic N) is 1. The maximum atomic E-state index is 10.6. The number of hydrogen-bond acceptors (Lipinski definition) is 5. The van der Waals surface area contributed by atoms with E-state index in [2.05, 4.69) is 19.9 Å². The molecule has 1 aliphatic carbocycles. The second-order valence-corrected chi connectivity index (χ2v) is 6.29. The molecule has 0 fully saturated rings. The van der Waals surface area contributed by atoms with Crippen molar-refractivity contribution >= 4 is 0 Å². The van der Waals surface area contributed by atoms with Crippen molar-refractivity contribution in [3.8, 4) is 0 Å². The molecule has 0 aromatic heterocycles. The number of aliphatic hydroxyl groups is 1. The summed E-state index contributed by atoms with van der Waals surface area (Å²) in [6.45, 7) is 6.52. The first-order valence-corrected chi connectivity index (χ1v) is 6.87. The van der Waals surface area contributed by atoms with E-state index < -0.39 is 5.39 Å². The number of fused-ring (bicyclic) bond motifs is 1. The monoisotopic (exact) mass is 280 g/mol. The SMILES string of the molecule is Cc1cc2c(c(CON([O-])O)c1CCO)CC(C)(C)C2. The van der Waals surface area contributed by atoms with Crippen LogP contribution in [0.1, 0.15) is 41.7 Å². The molecule has 0 heterocycles. The van der Waals surface area contributed by atoms with Gasteiger partial charge in [0.15, 0.2) is 0 Å². The predicted octanol–water partition coefficient (Wildman–Crippen LogP) is 2.28. The zero-order valence-electron chi connectivity index (χ0n) is 12.3. The van der Waals surface area contributed by atoms with Crippen molar-refractivity contribution in [1.29, 1.82) is 0 Å². The van der Waals surface area contributed by atoms with Gasteiger partial charge in [-0.2, -0.15) is 0 Å². The van der Waals surface area contributed by atoms with E-state index in [1.807, 2.05) is 6.92 Å². The highest BCUT2D eigenvalue weighted by Crippen LogP contribution is 2.40. The van der Waals surface area contributed by atoms with Crippen LogP contribution in [0.5, 0.6) is 0 Å². The minimum absolute atomic E-state index is 0.0371. The van der Waals surface area contributed by atoms with E-state index in [-0.39, 0.29) is 18.6 Å². The van der Waals surface area contributed by atoms with E-state index in [0.29, 0.717) is 6.42 Å². The lowest BCUT2D eigenvalue weighted by molar-refractivity contribution is -0.312. The predicted molar refractivity (Wildman–Crippen MR) is 74.9 cm³/mol. The van der Waals surface area contributed by atoms with Crippen molar-refractivity contribution in [2.45, 2.75) is 46.6 Å². The average molecular weight is 280 g/mol. The molecule has 0 saturated heterocycles. The van der Waals surface area contributed by atoms with Crippen LogP contribution < -0.4 is 0 Å². The van der Waals surface area contributed by atoms with Gasteiger partial charge in [-0.05, 0) is 59.4 Å². The Morgan fingerprint density at radius 1 is 1.35 bits per heavy atom. The van der Waals surface area contributed by atoms with Gasteiger partial charge in [0.1, 0.15) is 0 Å². The second kappa shape index (κ2) is 5.79. The molecule has 0 radical (unpaired) electrons. The van der Waals surface area contributed by atoms with Gasteiger partial charge in [-0.25, -0.2) is 0 Å². The maximum absolute atomic E-state index is 10.6. The van der Waals surface area contributed by atoms with E-state index in [9.17, 15) is 10.3 Å². The summed E-state index contributed by atoms with van der Waals surface area (Å²) in [4.78, 5) is 4.72. The van der Waals surface area contributed by atoms with E-state index >= 15 is 0 Å². The van der Waals surface area contributed by atoms with Crippen LogP contribution in [0.2, 0.25) is 0 Å². The molecule has 5 nitrogen and oxygen atoms in total. The molecule has 0 bridgehead atoms. The fourth-order valence-electron chi connectivity index (χ4n) is 3.24. The van der Waals surface area contributed by atoms with Crippen LogP contribution in [-0.2, 0) is 30.7 Å². The molecule has 1 aliphatic rings. The normalized spacial score (nSPS) is 16.8. The first-order chi connectivity index (χ1) is 9.34. The van der Waals surface area contributed by atoms with Gasteiger partial charge in [-0.1, -0.05) is 19.9 Å². The Kier molecular flexibility index (Phi) is 4.46. The molecule has 2 N–H and O–H groups in total. The second-order valence-electron chi connectivity index (χ2n) is 6.29. The van der Waals surface area contributed by atoms with Crippen LogP contribution in [0.3, 0.4) is 0 Å². The molecule has 0 unspecified atom stereocenters. The topological polar surface area (TPSA) is 76.0 Å². The maximum Gasteiger partial charge on any atom is 0.0956 e. The van der Waals surface area contributed by atoms with Gasteiger partial charge in [0, 0.05) is 6.61 Å². The molecule has 2 rings (SSSR count). The molecule has 0 amide bonds. The van der Waals surface area contributed by atoms with Crippen molar-refractivity contribution in [1.82, 2.24) is 5.39 Å². The molecule has 20 heavy (non-hydrogen) atoms. The van der Waals surface area contributed by atoms with E-state index in [1.165, 1.54) is 11.1 Å². The van der Waals surface area contributed by atoms with Crippen molar-refractivity contribution in [3.63, 3.8) is 0 Å². The smallest absolute Gasteiger partial charge is 0.0956 e. The summed E-state index contributed by atoms with van der Waals surface area (Å²) in [5.41, 5.74) is 5.73. The Labute approximate surface area is 119 Å². The van der Waals surface area contributed by atoms with Crippen LogP contribution in [-0.4, -0.2) is 22.3 Å². The summed E-state index contributed by atoms with van der Waals surface area (Å²) in [7, 11) is 0. The lowest BCUT2D eigenvalue weighted by atomic mass is 9.89. The third kappa shape index (κ3) is 3.19. The molecular formula is C15H22NO4-. The Hall–Kier alpha value is -0.980. The summed E-state index contributed by atoms with van der Waals surface area (Å²) in [5.74, 6) is 0. The number of aliphatic hydroxyl groups excluding tert-OH is 1. The highest BCUT2D eigenvalue weighted by molar-refractivity contribution is 5.49. The number of rotatable bonds is 5. The lowest BCUT2D eigenvalue weighted by Crippen LogP contribution is -2.15. The highest BCUT2D eigenvalue weighted by Gasteiger charge is 2.31. The van der Waals surface area contributed by atoms with Crippen molar-refractivity contribution in [2.75, 3.05) is 6.61 Å². The van der Waals surface area contributed by atoms with Crippen molar-refractivity contribution < 1.29 is 15.2 Å². The molecule has 1 aromatic rings. The molecule has 0 aliphatic heterocycles. The number of aryl methyl sites for hydroxylation is 1. The summed E-state index contributed by atoms with van der Waals surface area (Å²) in [6.07, 6.45) is 2.45. The third-order valence-electron chi connectivity index (χ3n) is 3.99. The summed E-state index contributed by atoms with van der Waals surface area (Å²) in [5, 5.41) is 28.0. The van der Waals surface area contributed by atoms with Crippen LogP contribution >= 0.6 is 0 Å².